The average molecular weight is 209 g/mol. The standard InChI is InChI=1S/C10H15N3O2/c1-6-3-7(2)13-10(8(6)4-11)12-5-9(14)15/h3H,4-5,11H2,1-2H3,(H,12,13)(H,14,15). The van der Waals surface area contributed by atoms with Gasteiger partial charge >= 0.3 is 5.97 Å². The molecule has 0 bridgehead atoms. The molecule has 0 aliphatic heterocycles. The van der Waals surface area contributed by atoms with Gasteiger partial charge in [-0.1, -0.05) is 0 Å². The third-order valence-corrected chi connectivity index (χ3v) is 2.09. The van der Waals surface area contributed by atoms with Crippen LogP contribution in [0.5, 0.6) is 0 Å². The summed E-state index contributed by atoms with van der Waals surface area (Å²) >= 11 is 0. The molecule has 82 valence electrons. The van der Waals surface area contributed by atoms with E-state index in [-0.39, 0.29) is 6.54 Å². The normalized spacial score (nSPS) is 10.1. The van der Waals surface area contributed by atoms with Gasteiger partial charge in [0, 0.05) is 17.8 Å². The van der Waals surface area contributed by atoms with Crippen LogP contribution in [0.4, 0.5) is 5.82 Å². The molecule has 15 heavy (non-hydrogen) atoms. The maximum Gasteiger partial charge on any atom is 0.322 e. The lowest BCUT2D eigenvalue weighted by Crippen LogP contribution is -2.16. The van der Waals surface area contributed by atoms with Gasteiger partial charge in [0.05, 0.1) is 0 Å². The first-order valence-electron chi connectivity index (χ1n) is 4.67. The molecule has 0 aromatic carbocycles. The number of hydrogen-bond donors (Lipinski definition) is 3. The zero-order valence-corrected chi connectivity index (χ0v) is 8.87. The first-order valence-corrected chi connectivity index (χ1v) is 4.67. The van der Waals surface area contributed by atoms with Crippen LogP contribution in [0.25, 0.3) is 0 Å². The van der Waals surface area contributed by atoms with Gasteiger partial charge in [-0.05, 0) is 25.5 Å². The van der Waals surface area contributed by atoms with E-state index in [0.29, 0.717) is 12.4 Å². The van der Waals surface area contributed by atoms with Crippen molar-refractivity contribution in [2.75, 3.05) is 11.9 Å². The van der Waals surface area contributed by atoms with Crippen LogP contribution in [0, 0.1) is 13.8 Å². The molecule has 1 heterocycles. The Kier molecular flexibility index (Phi) is 3.62. The second kappa shape index (κ2) is 4.75. The number of aryl methyl sites for hydroxylation is 2. The Bertz CT molecular complexity index is 377. The number of carboxylic acid groups (broad SMARTS) is 1. The molecule has 0 aliphatic carbocycles. The summed E-state index contributed by atoms with van der Waals surface area (Å²) in [5.74, 6) is -0.351. The first kappa shape index (κ1) is 11.5. The summed E-state index contributed by atoms with van der Waals surface area (Å²) in [4.78, 5) is 14.6. The molecule has 0 amide bonds. The topological polar surface area (TPSA) is 88.2 Å². The van der Waals surface area contributed by atoms with Crippen molar-refractivity contribution >= 4 is 11.8 Å². The van der Waals surface area contributed by atoms with Crippen molar-refractivity contribution in [1.82, 2.24) is 4.98 Å². The van der Waals surface area contributed by atoms with Crippen LogP contribution >= 0.6 is 0 Å². The molecule has 4 N–H and O–H groups in total. The second-order valence-corrected chi connectivity index (χ2v) is 3.36. The van der Waals surface area contributed by atoms with E-state index in [2.05, 4.69) is 10.3 Å². The Morgan fingerprint density at radius 2 is 2.27 bits per heavy atom. The van der Waals surface area contributed by atoms with E-state index in [4.69, 9.17) is 10.8 Å². The van der Waals surface area contributed by atoms with Crippen molar-refractivity contribution in [1.29, 1.82) is 0 Å². The molecule has 0 saturated carbocycles. The number of pyridine rings is 1. The molecule has 1 rings (SSSR count). The SMILES string of the molecule is Cc1cc(C)c(CN)c(NCC(=O)O)n1. The molecule has 5 heteroatoms. The summed E-state index contributed by atoms with van der Waals surface area (Å²) in [6.07, 6.45) is 0. The molecule has 0 spiro atoms. The number of nitrogens with one attached hydrogen (secondary N) is 1. The van der Waals surface area contributed by atoms with Crippen LogP contribution in [-0.4, -0.2) is 22.6 Å². The Labute approximate surface area is 88.3 Å². The fraction of sp³-hybridized carbons (Fsp3) is 0.400. The van der Waals surface area contributed by atoms with Crippen molar-refractivity contribution in [3.63, 3.8) is 0 Å². The quantitative estimate of drug-likeness (QED) is 0.677. The van der Waals surface area contributed by atoms with Gasteiger partial charge in [-0.2, -0.15) is 0 Å². The van der Waals surface area contributed by atoms with Gasteiger partial charge in [0.2, 0.25) is 0 Å². The number of aliphatic carboxylic acids is 1. The third-order valence-electron chi connectivity index (χ3n) is 2.09. The molecule has 5 nitrogen and oxygen atoms in total. The maximum absolute atomic E-state index is 10.4. The van der Waals surface area contributed by atoms with Crippen LogP contribution in [0.1, 0.15) is 16.8 Å². The van der Waals surface area contributed by atoms with Crippen LogP contribution < -0.4 is 11.1 Å². The number of nitrogens with two attached hydrogens (primary N) is 1. The minimum absolute atomic E-state index is 0.150. The van der Waals surface area contributed by atoms with Crippen LogP contribution in [0.15, 0.2) is 6.07 Å². The zero-order valence-electron chi connectivity index (χ0n) is 8.87. The van der Waals surface area contributed by atoms with E-state index in [9.17, 15) is 4.79 Å². The van der Waals surface area contributed by atoms with E-state index < -0.39 is 5.97 Å². The summed E-state index contributed by atoms with van der Waals surface area (Å²) in [5.41, 5.74) is 8.31. The van der Waals surface area contributed by atoms with Crippen LogP contribution in [0.3, 0.4) is 0 Å². The summed E-state index contributed by atoms with van der Waals surface area (Å²) in [5, 5.41) is 11.3. The second-order valence-electron chi connectivity index (χ2n) is 3.36. The van der Waals surface area contributed by atoms with Gasteiger partial charge in [-0.3, -0.25) is 4.79 Å². The average Bonchev–Trinajstić information content (AvgIpc) is 2.13. The third kappa shape index (κ3) is 2.92. The van der Waals surface area contributed by atoms with Gasteiger partial charge in [-0.15, -0.1) is 0 Å². The van der Waals surface area contributed by atoms with Crippen LogP contribution in [0.2, 0.25) is 0 Å². The van der Waals surface area contributed by atoms with Crippen molar-refractivity contribution in [2.24, 2.45) is 5.73 Å². The zero-order chi connectivity index (χ0) is 11.4. The van der Waals surface area contributed by atoms with E-state index >= 15 is 0 Å². The molecule has 1 aromatic rings. The predicted octanol–water partition coefficient (Wildman–Crippen LogP) is 0.654. The number of carboxylic acids is 1. The molecule has 1 aromatic heterocycles. The fourth-order valence-electron chi connectivity index (χ4n) is 1.43. The summed E-state index contributed by atoms with van der Waals surface area (Å²) in [6.45, 7) is 3.99. The van der Waals surface area contributed by atoms with Gasteiger partial charge < -0.3 is 16.2 Å². The number of hydrogen-bond acceptors (Lipinski definition) is 4. The lowest BCUT2D eigenvalue weighted by atomic mass is 10.1. The number of nitrogens with zero attached hydrogens (tertiary/aromatic N) is 1. The number of aromatic nitrogens is 1. The first-order chi connectivity index (χ1) is 7.04. The van der Waals surface area contributed by atoms with Crippen LogP contribution in [-0.2, 0) is 11.3 Å². The van der Waals surface area contributed by atoms with Gasteiger partial charge in [0.1, 0.15) is 12.4 Å². The number of carbonyl (C=O) groups is 1. The lowest BCUT2D eigenvalue weighted by molar-refractivity contribution is -0.134. The van der Waals surface area contributed by atoms with E-state index in [1.807, 2.05) is 19.9 Å². The van der Waals surface area contributed by atoms with Crippen molar-refractivity contribution < 1.29 is 9.90 Å². The van der Waals surface area contributed by atoms with E-state index in [1.165, 1.54) is 0 Å². The fourth-order valence-corrected chi connectivity index (χ4v) is 1.43. The monoisotopic (exact) mass is 209 g/mol. The number of rotatable bonds is 4. The van der Waals surface area contributed by atoms with Gasteiger partial charge in [-0.25, -0.2) is 4.98 Å². The van der Waals surface area contributed by atoms with Crippen molar-refractivity contribution in [2.45, 2.75) is 20.4 Å². The minimum atomic E-state index is -0.918. The van der Waals surface area contributed by atoms with Gasteiger partial charge in [0.15, 0.2) is 0 Å². The summed E-state index contributed by atoms with van der Waals surface area (Å²) in [6, 6.07) is 1.92. The predicted molar refractivity (Wildman–Crippen MR) is 57.7 cm³/mol. The molecule has 0 radical (unpaired) electrons. The molecule has 0 fully saturated rings. The smallest absolute Gasteiger partial charge is 0.322 e. The Balaban J connectivity index is 2.98. The molecular formula is C10H15N3O2. The van der Waals surface area contributed by atoms with E-state index in [1.54, 1.807) is 0 Å². The van der Waals surface area contributed by atoms with Crippen molar-refractivity contribution in [3.8, 4) is 0 Å². The highest BCUT2D eigenvalue weighted by Gasteiger charge is 2.07. The highest BCUT2D eigenvalue weighted by Crippen LogP contribution is 2.17. The summed E-state index contributed by atoms with van der Waals surface area (Å²) in [7, 11) is 0. The molecule has 0 atom stereocenters. The summed E-state index contributed by atoms with van der Waals surface area (Å²) < 4.78 is 0. The maximum atomic E-state index is 10.4. The Morgan fingerprint density at radius 1 is 1.60 bits per heavy atom. The molecule has 0 unspecified atom stereocenters. The van der Waals surface area contributed by atoms with E-state index in [0.717, 1.165) is 16.8 Å². The Morgan fingerprint density at radius 3 is 2.80 bits per heavy atom. The Hall–Kier alpha value is -1.62. The lowest BCUT2D eigenvalue weighted by Gasteiger charge is -2.11. The molecule has 0 aliphatic rings. The van der Waals surface area contributed by atoms with Crippen molar-refractivity contribution in [3.05, 3.63) is 22.9 Å². The molecular weight excluding hydrogens is 194 g/mol. The highest BCUT2D eigenvalue weighted by atomic mass is 16.4. The molecule has 0 saturated heterocycles. The highest BCUT2D eigenvalue weighted by molar-refractivity contribution is 5.72. The van der Waals surface area contributed by atoms with Gasteiger partial charge in [0.25, 0.3) is 0 Å². The minimum Gasteiger partial charge on any atom is -0.480 e. The number of anilines is 1. The largest absolute Gasteiger partial charge is 0.480 e.